The third-order valence-electron chi connectivity index (χ3n) is 4.04. The first-order chi connectivity index (χ1) is 12.2. The summed E-state index contributed by atoms with van der Waals surface area (Å²) in [4.78, 5) is 17.5. The van der Waals surface area contributed by atoms with Crippen molar-refractivity contribution in [1.82, 2.24) is 10.1 Å². The van der Waals surface area contributed by atoms with Gasteiger partial charge < -0.3 is 14.6 Å². The van der Waals surface area contributed by atoms with E-state index in [1.807, 2.05) is 42.6 Å². The van der Waals surface area contributed by atoms with E-state index in [1.54, 1.807) is 0 Å². The first-order valence-electron chi connectivity index (χ1n) is 8.12. The maximum atomic E-state index is 12.3. The van der Waals surface area contributed by atoms with Crippen molar-refractivity contribution in [3.63, 3.8) is 0 Å². The molecule has 1 aliphatic rings. The molecule has 128 valence electrons. The highest BCUT2D eigenvalue weighted by Crippen LogP contribution is 2.34. The smallest absolute Gasteiger partial charge is 0.270 e. The van der Waals surface area contributed by atoms with E-state index in [0.29, 0.717) is 24.0 Å². The summed E-state index contributed by atoms with van der Waals surface area (Å²) in [5.74, 6) is 0.799. The minimum absolute atomic E-state index is 0.129. The summed E-state index contributed by atoms with van der Waals surface area (Å²) >= 11 is 1.45. The van der Waals surface area contributed by atoms with Gasteiger partial charge in [-0.1, -0.05) is 28.9 Å². The molecule has 7 heteroatoms. The summed E-state index contributed by atoms with van der Waals surface area (Å²) < 4.78 is 10.8. The van der Waals surface area contributed by atoms with Crippen LogP contribution in [0.1, 0.15) is 18.4 Å². The Labute approximate surface area is 148 Å². The van der Waals surface area contributed by atoms with Gasteiger partial charge in [0.05, 0.1) is 5.69 Å². The van der Waals surface area contributed by atoms with Crippen LogP contribution in [0.4, 0.5) is 5.69 Å². The van der Waals surface area contributed by atoms with E-state index < -0.39 is 0 Å². The molecule has 1 aliphatic heterocycles. The van der Waals surface area contributed by atoms with Crippen molar-refractivity contribution < 1.29 is 14.1 Å². The van der Waals surface area contributed by atoms with Crippen LogP contribution in [0.5, 0.6) is 0 Å². The van der Waals surface area contributed by atoms with Crippen molar-refractivity contribution in [3.05, 3.63) is 41.3 Å². The number of aromatic nitrogens is 2. The SMILES string of the molecule is Cc1cccc(-c2noc(-c3sccc3NC(=O)[C@@H]3CCCO3)n2)c1. The number of anilines is 1. The third-order valence-corrected chi connectivity index (χ3v) is 4.94. The lowest BCUT2D eigenvalue weighted by molar-refractivity contribution is -0.124. The quantitative estimate of drug-likeness (QED) is 0.768. The number of hydrogen-bond donors (Lipinski definition) is 1. The van der Waals surface area contributed by atoms with E-state index in [0.717, 1.165) is 28.8 Å². The molecule has 4 rings (SSSR count). The minimum Gasteiger partial charge on any atom is -0.368 e. The van der Waals surface area contributed by atoms with E-state index in [9.17, 15) is 4.79 Å². The first-order valence-corrected chi connectivity index (χ1v) is 9.00. The molecule has 0 saturated carbocycles. The van der Waals surface area contributed by atoms with Crippen molar-refractivity contribution in [2.24, 2.45) is 0 Å². The van der Waals surface area contributed by atoms with E-state index >= 15 is 0 Å². The number of ether oxygens (including phenoxy) is 1. The number of benzene rings is 1. The molecule has 0 spiro atoms. The number of nitrogens with one attached hydrogen (secondary N) is 1. The number of thiophene rings is 1. The molecule has 3 heterocycles. The van der Waals surface area contributed by atoms with Crippen LogP contribution in [0.2, 0.25) is 0 Å². The molecule has 3 aromatic rings. The Hall–Kier alpha value is -2.51. The van der Waals surface area contributed by atoms with Gasteiger partial charge in [-0.05, 0) is 37.3 Å². The number of carbonyl (C=O) groups excluding carboxylic acids is 1. The maximum Gasteiger partial charge on any atom is 0.270 e. The summed E-state index contributed by atoms with van der Waals surface area (Å²) in [6.07, 6.45) is 1.29. The van der Waals surface area contributed by atoms with Crippen LogP contribution < -0.4 is 5.32 Å². The van der Waals surface area contributed by atoms with E-state index in [1.165, 1.54) is 11.3 Å². The number of rotatable bonds is 4. The van der Waals surface area contributed by atoms with Gasteiger partial charge in [-0.2, -0.15) is 4.98 Å². The average molecular weight is 355 g/mol. The van der Waals surface area contributed by atoms with Crippen molar-refractivity contribution in [2.75, 3.05) is 11.9 Å². The second kappa shape index (κ2) is 6.78. The van der Waals surface area contributed by atoms with Crippen LogP contribution in [0.3, 0.4) is 0 Å². The molecule has 1 N–H and O–H groups in total. The molecule has 1 atom stereocenters. The van der Waals surface area contributed by atoms with Gasteiger partial charge in [0.25, 0.3) is 11.8 Å². The first kappa shape index (κ1) is 16.0. The Kier molecular flexibility index (Phi) is 4.33. The van der Waals surface area contributed by atoms with Crippen molar-refractivity contribution >= 4 is 22.9 Å². The van der Waals surface area contributed by atoms with Gasteiger partial charge in [0.15, 0.2) is 0 Å². The Bertz CT molecular complexity index is 896. The van der Waals surface area contributed by atoms with Gasteiger partial charge in [0, 0.05) is 12.2 Å². The zero-order chi connectivity index (χ0) is 17.2. The predicted molar refractivity (Wildman–Crippen MR) is 95.4 cm³/mol. The van der Waals surface area contributed by atoms with Gasteiger partial charge in [-0.25, -0.2) is 0 Å². The average Bonchev–Trinajstić information content (AvgIpc) is 3.36. The lowest BCUT2D eigenvalue weighted by Crippen LogP contribution is -2.26. The van der Waals surface area contributed by atoms with Gasteiger partial charge >= 0.3 is 0 Å². The molecule has 0 unspecified atom stereocenters. The fraction of sp³-hybridized carbons (Fsp3) is 0.278. The molecule has 1 fully saturated rings. The van der Waals surface area contributed by atoms with Crippen LogP contribution >= 0.6 is 11.3 Å². The molecule has 1 aromatic carbocycles. The maximum absolute atomic E-state index is 12.3. The van der Waals surface area contributed by atoms with Gasteiger partial charge in [-0.15, -0.1) is 11.3 Å². The highest BCUT2D eigenvalue weighted by atomic mass is 32.1. The van der Waals surface area contributed by atoms with Gasteiger partial charge in [0.2, 0.25) is 5.82 Å². The number of nitrogens with zero attached hydrogens (tertiary/aromatic N) is 2. The number of aryl methyl sites for hydroxylation is 1. The monoisotopic (exact) mass is 355 g/mol. The van der Waals surface area contributed by atoms with Crippen molar-refractivity contribution in [1.29, 1.82) is 0 Å². The Balaban J connectivity index is 1.57. The predicted octanol–water partition coefficient (Wildman–Crippen LogP) is 3.89. The second-order valence-electron chi connectivity index (χ2n) is 5.95. The molecule has 6 nitrogen and oxygen atoms in total. The van der Waals surface area contributed by atoms with Crippen LogP contribution in [0.25, 0.3) is 22.2 Å². The molecular weight excluding hydrogens is 338 g/mol. The van der Waals surface area contributed by atoms with Crippen molar-refractivity contribution in [3.8, 4) is 22.2 Å². The third kappa shape index (κ3) is 3.33. The zero-order valence-corrected chi connectivity index (χ0v) is 14.5. The van der Waals surface area contributed by atoms with E-state index in [-0.39, 0.29) is 12.0 Å². The van der Waals surface area contributed by atoms with E-state index in [2.05, 4.69) is 15.5 Å². The summed E-state index contributed by atoms with van der Waals surface area (Å²) in [5, 5.41) is 8.86. The molecule has 0 aliphatic carbocycles. The fourth-order valence-electron chi connectivity index (χ4n) is 2.79. The minimum atomic E-state index is -0.377. The van der Waals surface area contributed by atoms with Crippen molar-refractivity contribution in [2.45, 2.75) is 25.9 Å². The Morgan fingerprint density at radius 3 is 3.08 bits per heavy atom. The van der Waals surface area contributed by atoms with Crippen LogP contribution in [-0.2, 0) is 9.53 Å². The summed E-state index contributed by atoms with van der Waals surface area (Å²) in [6.45, 7) is 2.65. The summed E-state index contributed by atoms with van der Waals surface area (Å²) in [7, 11) is 0. The zero-order valence-electron chi connectivity index (χ0n) is 13.7. The van der Waals surface area contributed by atoms with Crippen LogP contribution in [-0.4, -0.2) is 28.8 Å². The van der Waals surface area contributed by atoms with Crippen LogP contribution in [0.15, 0.2) is 40.2 Å². The molecule has 0 bridgehead atoms. The van der Waals surface area contributed by atoms with Gasteiger partial charge in [-0.3, -0.25) is 4.79 Å². The topological polar surface area (TPSA) is 77.2 Å². The number of carbonyl (C=O) groups is 1. The second-order valence-corrected chi connectivity index (χ2v) is 6.86. The fourth-order valence-corrected chi connectivity index (χ4v) is 3.56. The Morgan fingerprint density at radius 1 is 1.36 bits per heavy atom. The molecule has 0 radical (unpaired) electrons. The molecule has 2 aromatic heterocycles. The summed E-state index contributed by atoms with van der Waals surface area (Å²) in [6, 6.07) is 9.75. The largest absolute Gasteiger partial charge is 0.368 e. The van der Waals surface area contributed by atoms with Crippen LogP contribution in [0, 0.1) is 6.92 Å². The molecular formula is C18H17N3O3S. The highest BCUT2D eigenvalue weighted by Gasteiger charge is 2.25. The highest BCUT2D eigenvalue weighted by molar-refractivity contribution is 7.14. The lowest BCUT2D eigenvalue weighted by Gasteiger charge is -2.09. The summed E-state index contributed by atoms with van der Waals surface area (Å²) in [5.41, 5.74) is 2.70. The Morgan fingerprint density at radius 2 is 2.28 bits per heavy atom. The number of amides is 1. The molecule has 25 heavy (non-hydrogen) atoms. The standard InChI is InChI=1S/C18H17N3O3S/c1-11-4-2-5-12(10-11)16-20-18(24-21-16)15-13(7-9-25-15)19-17(22)14-6-3-8-23-14/h2,4-5,7,9-10,14H,3,6,8H2,1H3,(H,19,22)/t14-/m0/s1. The van der Waals surface area contributed by atoms with E-state index in [4.69, 9.17) is 9.26 Å². The number of hydrogen-bond acceptors (Lipinski definition) is 6. The van der Waals surface area contributed by atoms with Gasteiger partial charge in [0.1, 0.15) is 11.0 Å². The molecule has 1 saturated heterocycles. The lowest BCUT2D eigenvalue weighted by atomic mass is 10.1. The molecule has 1 amide bonds. The normalized spacial score (nSPS) is 16.9.